The third-order valence-corrected chi connectivity index (χ3v) is 14.9. The lowest BCUT2D eigenvalue weighted by molar-refractivity contribution is 1.18. The maximum Gasteiger partial charge on any atom is 0.0547 e. The third kappa shape index (κ3) is 7.95. The van der Waals surface area contributed by atoms with Gasteiger partial charge in [0.2, 0.25) is 0 Å². The average molecular weight is 956 g/mol. The van der Waals surface area contributed by atoms with Crippen molar-refractivity contribution in [2.45, 2.75) is 0 Å². The van der Waals surface area contributed by atoms with Crippen LogP contribution in [0.3, 0.4) is 0 Å². The lowest BCUT2D eigenvalue weighted by Gasteiger charge is -2.26. The number of benzene rings is 12. The van der Waals surface area contributed by atoms with E-state index in [9.17, 15) is 0 Å². The first-order valence-electron chi connectivity index (χ1n) is 25.7. The molecule has 0 aliphatic heterocycles. The van der Waals surface area contributed by atoms with Crippen molar-refractivity contribution in [2.24, 2.45) is 0 Å². The molecule has 3 nitrogen and oxygen atoms in total. The Hall–Kier alpha value is -9.96. The summed E-state index contributed by atoms with van der Waals surface area (Å²) in [6.45, 7) is 0. The van der Waals surface area contributed by atoms with Gasteiger partial charge in [0.25, 0.3) is 0 Å². The van der Waals surface area contributed by atoms with Gasteiger partial charge in [-0.15, -0.1) is 0 Å². The van der Waals surface area contributed by atoms with E-state index >= 15 is 0 Å². The van der Waals surface area contributed by atoms with Gasteiger partial charge >= 0.3 is 0 Å². The number of nitrogens with zero attached hydrogens (tertiary/aromatic N) is 3. The predicted octanol–water partition coefficient (Wildman–Crippen LogP) is 19.7. The monoisotopic (exact) mass is 955 g/mol. The first-order valence-corrected chi connectivity index (χ1v) is 25.7. The second kappa shape index (κ2) is 18.6. The first kappa shape index (κ1) is 43.8. The third-order valence-electron chi connectivity index (χ3n) is 14.9. The predicted molar refractivity (Wildman–Crippen MR) is 317 cm³/mol. The fraction of sp³-hybridized carbons (Fsp3) is 0. The van der Waals surface area contributed by atoms with Crippen LogP contribution >= 0.6 is 0 Å². The van der Waals surface area contributed by atoms with Crippen molar-refractivity contribution in [1.82, 2.24) is 9.13 Å². The molecule has 12 aromatic carbocycles. The molecule has 0 amide bonds. The van der Waals surface area contributed by atoms with E-state index in [1.54, 1.807) is 0 Å². The zero-order valence-electron chi connectivity index (χ0n) is 41.1. The van der Waals surface area contributed by atoms with E-state index in [-0.39, 0.29) is 0 Å². The fourth-order valence-electron chi connectivity index (χ4n) is 11.3. The zero-order valence-corrected chi connectivity index (χ0v) is 41.1. The summed E-state index contributed by atoms with van der Waals surface area (Å²) in [5.74, 6) is 0. The van der Waals surface area contributed by atoms with Crippen LogP contribution in [0.25, 0.3) is 111 Å². The molecule has 0 N–H and O–H groups in total. The van der Waals surface area contributed by atoms with Crippen LogP contribution in [0.1, 0.15) is 0 Å². The minimum Gasteiger partial charge on any atom is -0.311 e. The molecule has 0 aliphatic carbocycles. The van der Waals surface area contributed by atoms with Crippen LogP contribution in [-0.4, -0.2) is 9.13 Å². The minimum absolute atomic E-state index is 1.09. The first-order chi connectivity index (χ1) is 37.2. The van der Waals surface area contributed by atoms with E-state index in [4.69, 9.17) is 0 Å². The highest BCUT2D eigenvalue weighted by Gasteiger charge is 2.18. The van der Waals surface area contributed by atoms with Crippen LogP contribution < -0.4 is 4.90 Å². The summed E-state index contributed by atoms with van der Waals surface area (Å²) in [6, 6.07) is 108. The minimum atomic E-state index is 1.09. The highest BCUT2D eigenvalue weighted by molar-refractivity contribution is 6.12. The Kier molecular flexibility index (Phi) is 10.8. The summed E-state index contributed by atoms with van der Waals surface area (Å²) >= 11 is 0. The van der Waals surface area contributed by atoms with E-state index < -0.39 is 0 Å². The molecule has 0 atom stereocenters. The van der Waals surface area contributed by atoms with E-state index in [0.29, 0.717) is 0 Å². The van der Waals surface area contributed by atoms with Gasteiger partial charge in [-0.2, -0.15) is 0 Å². The maximum atomic E-state index is 2.41. The van der Waals surface area contributed by atoms with Gasteiger partial charge in [-0.3, -0.25) is 0 Å². The molecule has 0 saturated heterocycles. The van der Waals surface area contributed by atoms with Crippen LogP contribution in [0.5, 0.6) is 0 Å². The van der Waals surface area contributed by atoms with Crippen LogP contribution in [0, 0.1) is 0 Å². The molecule has 3 heteroatoms. The summed E-state index contributed by atoms with van der Waals surface area (Å²) in [5.41, 5.74) is 22.1. The quantitative estimate of drug-likeness (QED) is 0.133. The summed E-state index contributed by atoms with van der Waals surface area (Å²) in [4.78, 5) is 2.34. The fourth-order valence-corrected chi connectivity index (χ4v) is 11.3. The SMILES string of the molecule is c1ccc(-c2ccc(N(c3ccccc3)c3ccc(-c4cc(-c5ccc6c(c5)c5ccccc5n6-c5ccc(-c6ccccc6)cc5)cc(-c5ccc6c7ccccc7n(-c7ccccc7)c6c5)c4)cc3)cc2)cc1. The Labute approximate surface area is 436 Å². The number of para-hydroxylation sites is 4. The van der Waals surface area contributed by atoms with Gasteiger partial charge in [0, 0.05) is 50.0 Å². The van der Waals surface area contributed by atoms with Crippen molar-refractivity contribution in [3.05, 3.63) is 297 Å². The normalized spacial score (nSPS) is 11.5. The second-order valence-corrected chi connectivity index (χ2v) is 19.3. The summed E-state index contributed by atoms with van der Waals surface area (Å²) in [5, 5.41) is 4.93. The molecule has 0 unspecified atom stereocenters. The van der Waals surface area contributed by atoms with Crippen LogP contribution in [0.2, 0.25) is 0 Å². The molecule has 0 spiro atoms. The lowest BCUT2D eigenvalue weighted by Crippen LogP contribution is -2.09. The molecule has 2 aromatic heterocycles. The highest BCUT2D eigenvalue weighted by Crippen LogP contribution is 2.42. The molecule has 0 bridgehead atoms. The molecular weight excluding hydrogens is 907 g/mol. The smallest absolute Gasteiger partial charge is 0.0547 e. The van der Waals surface area contributed by atoms with Crippen molar-refractivity contribution >= 4 is 60.7 Å². The number of rotatable bonds is 10. The van der Waals surface area contributed by atoms with Crippen molar-refractivity contribution in [2.75, 3.05) is 4.90 Å². The molecule has 0 aliphatic rings. The van der Waals surface area contributed by atoms with Crippen LogP contribution in [0.4, 0.5) is 17.1 Å². The number of aromatic nitrogens is 2. The lowest BCUT2D eigenvalue weighted by atomic mass is 9.92. The molecule has 75 heavy (non-hydrogen) atoms. The largest absolute Gasteiger partial charge is 0.311 e. The van der Waals surface area contributed by atoms with E-state index in [1.807, 2.05) is 0 Å². The molecule has 2 heterocycles. The molecule has 14 rings (SSSR count). The molecule has 0 fully saturated rings. The van der Waals surface area contributed by atoms with Crippen LogP contribution in [0.15, 0.2) is 297 Å². The number of hydrogen-bond donors (Lipinski definition) is 0. The van der Waals surface area contributed by atoms with Crippen molar-refractivity contribution in [3.63, 3.8) is 0 Å². The zero-order chi connectivity index (χ0) is 49.7. The summed E-state index contributed by atoms with van der Waals surface area (Å²) in [6.07, 6.45) is 0. The average Bonchev–Trinajstić information content (AvgIpc) is 4.02. The molecule has 14 aromatic rings. The second-order valence-electron chi connectivity index (χ2n) is 19.3. The summed E-state index contributed by atoms with van der Waals surface area (Å²) < 4.78 is 4.81. The molecule has 0 saturated carbocycles. The Bertz CT molecular complexity index is 4350. The maximum absolute atomic E-state index is 2.41. The van der Waals surface area contributed by atoms with Gasteiger partial charge in [0.1, 0.15) is 0 Å². The van der Waals surface area contributed by atoms with Crippen LogP contribution in [-0.2, 0) is 0 Å². The summed E-state index contributed by atoms with van der Waals surface area (Å²) in [7, 11) is 0. The van der Waals surface area contributed by atoms with E-state index in [1.165, 1.54) is 71.4 Å². The number of hydrogen-bond acceptors (Lipinski definition) is 1. The van der Waals surface area contributed by atoms with Gasteiger partial charge < -0.3 is 14.0 Å². The topological polar surface area (TPSA) is 13.1 Å². The van der Waals surface area contributed by atoms with Crippen molar-refractivity contribution in [1.29, 1.82) is 0 Å². The van der Waals surface area contributed by atoms with Crippen molar-refractivity contribution in [3.8, 4) is 67.0 Å². The van der Waals surface area contributed by atoms with Gasteiger partial charge in [0.15, 0.2) is 0 Å². The van der Waals surface area contributed by atoms with E-state index in [2.05, 4.69) is 311 Å². The van der Waals surface area contributed by atoms with Gasteiger partial charge in [-0.05, 0) is 165 Å². The van der Waals surface area contributed by atoms with Gasteiger partial charge in [-0.1, -0.05) is 188 Å². The molecule has 0 radical (unpaired) electrons. The highest BCUT2D eigenvalue weighted by atomic mass is 15.1. The molecule has 352 valence electrons. The van der Waals surface area contributed by atoms with E-state index in [0.717, 1.165) is 56.3 Å². The Balaban J connectivity index is 0.910. The molecular formula is C72H49N3. The Morgan fingerprint density at radius 1 is 0.187 bits per heavy atom. The standard InChI is InChI=1S/C72H49N3/c1-5-17-50(18-6-1)52-29-37-62(38-30-52)73(60-21-9-3-10-22-60)63-39-33-54(34-40-63)57-45-58(47-59(46-57)56-35-43-67-65-25-13-15-27-69(65)75(72(67)49-56)61-23-11-4-12-24-61)55-36-44-71-68(48-55)66-26-14-16-28-70(66)74(71)64-41-31-53(32-42-64)51-19-7-2-8-20-51/h1-49H. The van der Waals surface area contributed by atoms with Gasteiger partial charge in [0.05, 0.1) is 22.1 Å². The number of anilines is 3. The van der Waals surface area contributed by atoms with Crippen molar-refractivity contribution < 1.29 is 0 Å². The number of fused-ring (bicyclic) bond motifs is 6. The Morgan fingerprint density at radius 3 is 1.11 bits per heavy atom. The Morgan fingerprint density at radius 2 is 0.533 bits per heavy atom. The van der Waals surface area contributed by atoms with Gasteiger partial charge in [-0.25, -0.2) is 0 Å².